The Balaban J connectivity index is 1.46. The predicted molar refractivity (Wildman–Crippen MR) is 178 cm³/mol. The van der Waals surface area contributed by atoms with Crippen molar-refractivity contribution in [1.29, 1.82) is 0 Å². The summed E-state index contributed by atoms with van der Waals surface area (Å²) in [6, 6.07) is 8.64. The van der Waals surface area contributed by atoms with Gasteiger partial charge >= 0.3 is 0 Å². The highest BCUT2D eigenvalue weighted by Gasteiger charge is 2.42. The van der Waals surface area contributed by atoms with Gasteiger partial charge in [-0.2, -0.15) is 0 Å². The Kier molecular flexibility index (Phi) is 12.7. The fraction of sp³-hybridized carbons (Fsp3) is 0.600. The van der Waals surface area contributed by atoms with Crippen LogP contribution in [0.4, 0.5) is 0 Å². The maximum atomic E-state index is 13.8. The van der Waals surface area contributed by atoms with Crippen molar-refractivity contribution in [2.75, 3.05) is 0 Å². The summed E-state index contributed by atoms with van der Waals surface area (Å²) in [5.41, 5.74) is 4.60. The molecular weight excluding hydrogens is 544 g/mol. The molecule has 6 unspecified atom stereocenters. The van der Waals surface area contributed by atoms with Gasteiger partial charge in [0.2, 0.25) is 0 Å². The van der Waals surface area contributed by atoms with E-state index in [1.807, 2.05) is 18.2 Å². The Morgan fingerprint density at radius 3 is 2.23 bits per heavy atom. The zero-order chi connectivity index (χ0) is 31.6. The summed E-state index contributed by atoms with van der Waals surface area (Å²) in [5.74, 6) is 0.261. The van der Waals surface area contributed by atoms with Gasteiger partial charge in [0, 0.05) is 49.9 Å². The van der Waals surface area contributed by atoms with Gasteiger partial charge in [-0.25, -0.2) is 0 Å². The lowest BCUT2D eigenvalue weighted by atomic mass is 9.77. The minimum Gasteiger partial charge on any atom is -0.300 e. The lowest BCUT2D eigenvalue weighted by molar-refractivity contribution is -0.133. The second kappa shape index (κ2) is 16.4. The van der Waals surface area contributed by atoms with Gasteiger partial charge in [-0.1, -0.05) is 89.1 Å². The summed E-state index contributed by atoms with van der Waals surface area (Å²) in [4.78, 5) is 54.3. The summed E-state index contributed by atoms with van der Waals surface area (Å²) < 4.78 is 0. The van der Waals surface area contributed by atoms with E-state index in [1.165, 1.54) is 11.1 Å². The van der Waals surface area contributed by atoms with E-state index in [9.17, 15) is 19.2 Å². The lowest BCUT2D eigenvalue weighted by Gasteiger charge is -2.24. The Labute approximate surface area is 265 Å². The maximum Gasteiger partial charge on any atom is 0.137 e. The zero-order valence-electron chi connectivity index (χ0n) is 27.5. The maximum absolute atomic E-state index is 13.8. The van der Waals surface area contributed by atoms with Crippen molar-refractivity contribution in [2.24, 2.45) is 35.5 Å². The molecule has 0 heterocycles. The van der Waals surface area contributed by atoms with Crippen molar-refractivity contribution in [3.8, 4) is 0 Å². The average Bonchev–Trinajstić information content (AvgIpc) is 3.72. The smallest absolute Gasteiger partial charge is 0.137 e. The first kappa shape index (κ1) is 34.0. The SMILES string of the molecule is C=C1C=CC=C1CCC1C(=O)CC(CCCC)CC(=O)C1CC(=O)CC(CCc1ccc(CC)cc1)CC(=O)C1CC1CC. The number of ketones is 4. The molecule has 1 aromatic rings. The lowest BCUT2D eigenvalue weighted by Crippen LogP contribution is -2.30. The minimum atomic E-state index is -0.560. The molecule has 0 spiro atoms. The monoisotopic (exact) mass is 598 g/mol. The summed E-state index contributed by atoms with van der Waals surface area (Å²) >= 11 is 0. The number of rotatable bonds is 18. The molecule has 3 aliphatic carbocycles. The minimum absolute atomic E-state index is 0.0290. The van der Waals surface area contributed by atoms with Crippen LogP contribution in [-0.4, -0.2) is 23.1 Å². The van der Waals surface area contributed by atoms with Crippen LogP contribution in [0.15, 0.2) is 60.2 Å². The van der Waals surface area contributed by atoms with Crippen LogP contribution in [0.25, 0.3) is 0 Å². The molecule has 2 saturated carbocycles. The van der Waals surface area contributed by atoms with E-state index in [1.54, 1.807) is 0 Å². The van der Waals surface area contributed by atoms with Gasteiger partial charge in [-0.15, -0.1) is 0 Å². The summed E-state index contributed by atoms with van der Waals surface area (Å²) in [6.45, 7) is 10.5. The number of benzene rings is 1. The highest BCUT2D eigenvalue weighted by molar-refractivity contribution is 5.95. The third-order valence-corrected chi connectivity index (χ3v) is 10.6. The molecule has 4 nitrogen and oxygen atoms in total. The number of carbonyl (C=O) groups is 4. The molecule has 2 fully saturated rings. The summed E-state index contributed by atoms with van der Waals surface area (Å²) in [5, 5.41) is 0. The second-order valence-electron chi connectivity index (χ2n) is 13.9. The molecule has 0 N–H and O–H groups in total. The fourth-order valence-corrected chi connectivity index (χ4v) is 7.53. The molecule has 1 aromatic carbocycles. The van der Waals surface area contributed by atoms with Gasteiger partial charge in [0.05, 0.1) is 0 Å². The van der Waals surface area contributed by atoms with E-state index in [4.69, 9.17) is 0 Å². The highest BCUT2D eigenvalue weighted by Crippen LogP contribution is 2.43. The third kappa shape index (κ3) is 9.56. The molecule has 0 bridgehead atoms. The van der Waals surface area contributed by atoms with Crippen molar-refractivity contribution in [3.05, 3.63) is 71.3 Å². The average molecular weight is 599 g/mol. The van der Waals surface area contributed by atoms with Crippen LogP contribution in [0, 0.1) is 35.5 Å². The van der Waals surface area contributed by atoms with Gasteiger partial charge in [0.25, 0.3) is 0 Å². The second-order valence-corrected chi connectivity index (χ2v) is 13.9. The Morgan fingerprint density at radius 2 is 1.61 bits per heavy atom. The molecule has 4 rings (SSSR count). The van der Waals surface area contributed by atoms with Crippen LogP contribution in [0.1, 0.15) is 115 Å². The van der Waals surface area contributed by atoms with Crippen LogP contribution in [0.3, 0.4) is 0 Å². The Hall–Kier alpha value is -2.88. The van der Waals surface area contributed by atoms with Gasteiger partial charge in [-0.3, -0.25) is 19.2 Å². The molecule has 0 radical (unpaired) electrons. The van der Waals surface area contributed by atoms with Crippen molar-refractivity contribution in [1.82, 2.24) is 0 Å². The quantitative estimate of drug-likeness (QED) is 0.158. The normalized spacial score (nSPS) is 25.6. The number of hydrogen-bond acceptors (Lipinski definition) is 4. The topological polar surface area (TPSA) is 68.3 Å². The van der Waals surface area contributed by atoms with Gasteiger partial charge in [0.15, 0.2) is 0 Å². The number of unbranched alkanes of at least 4 members (excludes halogenated alkanes) is 1. The Bertz CT molecular complexity index is 1250. The Morgan fingerprint density at radius 1 is 0.909 bits per heavy atom. The van der Waals surface area contributed by atoms with Gasteiger partial charge < -0.3 is 0 Å². The van der Waals surface area contributed by atoms with Crippen LogP contribution in [0.2, 0.25) is 0 Å². The van der Waals surface area contributed by atoms with Crippen molar-refractivity contribution in [3.63, 3.8) is 0 Å². The molecule has 0 aromatic heterocycles. The van der Waals surface area contributed by atoms with E-state index >= 15 is 0 Å². The molecule has 6 atom stereocenters. The first-order chi connectivity index (χ1) is 21.2. The number of carbonyl (C=O) groups excluding carboxylic acids is 4. The van der Waals surface area contributed by atoms with E-state index < -0.39 is 11.8 Å². The number of hydrogen-bond donors (Lipinski definition) is 0. The predicted octanol–water partition coefficient (Wildman–Crippen LogP) is 8.96. The number of allylic oxidation sites excluding steroid dienone is 5. The van der Waals surface area contributed by atoms with Crippen molar-refractivity contribution < 1.29 is 19.2 Å². The molecule has 0 aliphatic heterocycles. The van der Waals surface area contributed by atoms with E-state index in [0.717, 1.165) is 62.5 Å². The zero-order valence-corrected chi connectivity index (χ0v) is 27.5. The standard InChI is InChI=1S/C40H54O4/c1-5-8-11-30-22-38(42)35(20-19-33-12-9-10-27(33)4)37(40(44)23-30)26-34(41)21-31(24-39(43)36-25-32(36)7-3)18-17-29-15-13-28(6-2)14-16-29/h9-10,12-16,30-32,35-37H,4-8,11,17-26H2,1-3H3. The number of Topliss-reactive ketones (excluding diaryl/α,β-unsaturated/α-hetero) is 4. The van der Waals surface area contributed by atoms with Crippen LogP contribution in [-0.2, 0) is 32.0 Å². The third-order valence-electron chi connectivity index (χ3n) is 10.6. The van der Waals surface area contributed by atoms with E-state index in [0.29, 0.717) is 50.2 Å². The van der Waals surface area contributed by atoms with E-state index in [-0.39, 0.29) is 41.5 Å². The molecule has 238 valence electrons. The van der Waals surface area contributed by atoms with Crippen molar-refractivity contribution >= 4 is 23.1 Å². The largest absolute Gasteiger partial charge is 0.300 e. The van der Waals surface area contributed by atoms with Gasteiger partial charge in [-0.05, 0) is 85.0 Å². The molecule has 0 saturated heterocycles. The first-order valence-corrected chi connectivity index (χ1v) is 17.5. The van der Waals surface area contributed by atoms with Crippen LogP contribution in [0.5, 0.6) is 0 Å². The highest BCUT2D eigenvalue weighted by atomic mass is 16.1. The van der Waals surface area contributed by atoms with E-state index in [2.05, 4.69) is 51.6 Å². The molecule has 0 amide bonds. The molecule has 44 heavy (non-hydrogen) atoms. The first-order valence-electron chi connectivity index (χ1n) is 17.5. The van der Waals surface area contributed by atoms with Gasteiger partial charge in [0.1, 0.15) is 23.1 Å². The van der Waals surface area contributed by atoms with Crippen LogP contribution < -0.4 is 0 Å². The summed E-state index contributed by atoms with van der Waals surface area (Å²) in [7, 11) is 0. The molecule has 4 heteroatoms. The molecule has 3 aliphatic rings. The van der Waals surface area contributed by atoms with Crippen LogP contribution >= 0.6 is 0 Å². The van der Waals surface area contributed by atoms with Crippen molar-refractivity contribution in [2.45, 2.75) is 117 Å². The summed E-state index contributed by atoms with van der Waals surface area (Å²) in [6.07, 6.45) is 16.5. The molecular formula is C40H54O4. The fourth-order valence-electron chi connectivity index (χ4n) is 7.53. The number of aryl methyl sites for hydroxylation is 2.